The van der Waals surface area contributed by atoms with Gasteiger partial charge in [-0.05, 0) is 44.6 Å². The smallest absolute Gasteiger partial charge is 0.305 e. The highest BCUT2D eigenvalue weighted by Gasteiger charge is 2.11. The lowest BCUT2D eigenvalue weighted by atomic mass is 10.1. The van der Waals surface area contributed by atoms with E-state index < -0.39 is 6.10 Å². The third kappa shape index (κ3) is 28.4. The molecular weight excluding hydrogens is 492 g/mol. The third-order valence-corrected chi connectivity index (χ3v) is 6.04. The van der Waals surface area contributed by atoms with Gasteiger partial charge in [0.2, 0.25) is 0 Å². The van der Waals surface area contributed by atoms with Crippen LogP contribution in [0.2, 0.25) is 0 Å². The van der Waals surface area contributed by atoms with E-state index in [-0.39, 0.29) is 37.4 Å². The zero-order valence-electron chi connectivity index (χ0n) is 24.6. The lowest BCUT2D eigenvalue weighted by Gasteiger charge is -2.12. The average Bonchev–Trinajstić information content (AvgIpc) is 2.92. The summed E-state index contributed by atoms with van der Waals surface area (Å²) in [6, 6.07) is 0. The van der Waals surface area contributed by atoms with E-state index >= 15 is 0 Å². The number of hydrogen-bond donors (Lipinski definition) is 1. The maximum atomic E-state index is 11.8. The number of aliphatic hydroxyl groups excluding tert-OH is 1. The van der Waals surface area contributed by atoms with Gasteiger partial charge in [0.25, 0.3) is 0 Å². The molecule has 0 saturated heterocycles. The van der Waals surface area contributed by atoms with E-state index in [1.54, 1.807) is 12.2 Å². The number of ether oxygens (including phenoxy) is 2. The lowest BCUT2D eigenvalue weighted by molar-refractivity contribution is -0.152. The minimum atomic E-state index is -0.998. The molecule has 39 heavy (non-hydrogen) atoms. The van der Waals surface area contributed by atoms with E-state index in [0.29, 0.717) is 19.3 Å². The highest BCUT2D eigenvalue weighted by molar-refractivity contribution is 5.89. The number of rotatable bonds is 26. The fourth-order valence-corrected chi connectivity index (χ4v) is 3.68. The van der Waals surface area contributed by atoms with E-state index in [9.17, 15) is 19.5 Å². The largest absolute Gasteiger partial charge is 0.463 e. The van der Waals surface area contributed by atoms with Gasteiger partial charge in [-0.3, -0.25) is 14.4 Å². The first-order valence-corrected chi connectivity index (χ1v) is 15.1. The molecule has 0 spiro atoms. The van der Waals surface area contributed by atoms with E-state index in [1.807, 2.05) is 18.2 Å². The molecule has 222 valence electrons. The second-order valence-corrected chi connectivity index (χ2v) is 9.91. The topological polar surface area (TPSA) is 89.9 Å². The van der Waals surface area contributed by atoms with Crippen LogP contribution in [0, 0.1) is 0 Å². The van der Waals surface area contributed by atoms with Crippen LogP contribution in [0.1, 0.15) is 123 Å². The van der Waals surface area contributed by atoms with Crippen LogP contribution in [0.5, 0.6) is 0 Å². The van der Waals surface area contributed by atoms with E-state index in [1.165, 1.54) is 25.7 Å². The maximum absolute atomic E-state index is 11.8. The van der Waals surface area contributed by atoms with Gasteiger partial charge in [0.1, 0.15) is 19.3 Å². The van der Waals surface area contributed by atoms with Gasteiger partial charge < -0.3 is 14.6 Å². The molecule has 0 amide bonds. The molecule has 0 unspecified atom stereocenters. The van der Waals surface area contributed by atoms with Crippen molar-refractivity contribution in [3.8, 4) is 0 Å². The van der Waals surface area contributed by atoms with Crippen LogP contribution in [0.4, 0.5) is 0 Å². The molecule has 0 radical (unpaired) electrons. The van der Waals surface area contributed by atoms with Crippen molar-refractivity contribution in [2.45, 2.75) is 129 Å². The van der Waals surface area contributed by atoms with Crippen LogP contribution in [-0.2, 0) is 23.9 Å². The number of unbranched alkanes of at least 4 members (excludes halogenated alkanes) is 9. The summed E-state index contributed by atoms with van der Waals surface area (Å²) in [7, 11) is 0. The average molecular weight is 547 g/mol. The molecule has 6 heteroatoms. The minimum absolute atomic E-state index is 0.149. The highest BCUT2D eigenvalue weighted by atomic mass is 16.6. The van der Waals surface area contributed by atoms with Crippen molar-refractivity contribution in [1.29, 1.82) is 0 Å². The van der Waals surface area contributed by atoms with Crippen molar-refractivity contribution in [1.82, 2.24) is 0 Å². The zero-order valence-corrected chi connectivity index (χ0v) is 24.6. The number of esters is 2. The highest BCUT2D eigenvalue weighted by Crippen LogP contribution is 2.09. The fraction of sp³-hybridized carbons (Fsp3) is 0.667. The van der Waals surface area contributed by atoms with Crippen molar-refractivity contribution in [3.63, 3.8) is 0 Å². The summed E-state index contributed by atoms with van der Waals surface area (Å²) in [5, 5.41) is 9.88. The number of carbonyl (C=O) groups is 3. The Hall–Kier alpha value is -2.47. The Labute approximate surface area is 237 Å². The lowest BCUT2D eigenvalue weighted by Crippen LogP contribution is -2.25. The summed E-state index contributed by atoms with van der Waals surface area (Å²) in [6.07, 6.45) is 30.1. The normalized spacial score (nSPS) is 12.7. The molecule has 0 bridgehead atoms. The molecule has 6 nitrogen and oxygen atoms in total. The molecule has 0 heterocycles. The van der Waals surface area contributed by atoms with Crippen LogP contribution in [-0.4, -0.2) is 42.1 Å². The zero-order chi connectivity index (χ0) is 28.8. The Balaban J connectivity index is 3.68. The van der Waals surface area contributed by atoms with Crippen LogP contribution in [0.3, 0.4) is 0 Å². The quantitative estimate of drug-likeness (QED) is 0.0390. The molecule has 0 saturated carbocycles. The van der Waals surface area contributed by atoms with Gasteiger partial charge in [0.15, 0.2) is 5.78 Å². The summed E-state index contributed by atoms with van der Waals surface area (Å²) in [5.74, 6) is -0.489. The predicted octanol–water partition coefficient (Wildman–Crippen LogP) is 7.90. The number of ketones is 1. The molecule has 0 aromatic rings. The second-order valence-electron chi connectivity index (χ2n) is 9.91. The van der Waals surface area contributed by atoms with Crippen molar-refractivity contribution < 1.29 is 29.0 Å². The first-order chi connectivity index (χ1) is 19.0. The molecule has 0 aliphatic heterocycles. The van der Waals surface area contributed by atoms with Gasteiger partial charge in [-0.1, -0.05) is 108 Å². The van der Waals surface area contributed by atoms with Crippen LogP contribution < -0.4 is 0 Å². The van der Waals surface area contributed by atoms with Crippen LogP contribution in [0.25, 0.3) is 0 Å². The van der Waals surface area contributed by atoms with Crippen molar-refractivity contribution in [3.05, 3.63) is 48.6 Å². The molecule has 0 aromatic heterocycles. The van der Waals surface area contributed by atoms with Gasteiger partial charge in [-0.25, -0.2) is 0 Å². The molecule has 1 atom stereocenters. The van der Waals surface area contributed by atoms with Crippen molar-refractivity contribution in [2.24, 2.45) is 0 Å². The van der Waals surface area contributed by atoms with Gasteiger partial charge in [0, 0.05) is 19.3 Å². The summed E-state index contributed by atoms with van der Waals surface area (Å²) in [5.41, 5.74) is 0. The number of hydrogen-bond acceptors (Lipinski definition) is 6. The Morgan fingerprint density at radius 3 is 1.79 bits per heavy atom. The van der Waals surface area contributed by atoms with Crippen molar-refractivity contribution >= 4 is 17.7 Å². The van der Waals surface area contributed by atoms with E-state index in [4.69, 9.17) is 9.47 Å². The van der Waals surface area contributed by atoms with Crippen LogP contribution in [0.15, 0.2) is 48.6 Å². The molecule has 0 rings (SSSR count). The monoisotopic (exact) mass is 546 g/mol. The Morgan fingerprint density at radius 1 is 0.615 bits per heavy atom. The molecule has 1 N–H and O–H groups in total. The Kier molecular flexibility index (Phi) is 26.7. The number of aliphatic hydroxyl groups is 1. The summed E-state index contributed by atoms with van der Waals surface area (Å²) < 4.78 is 10.1. The summed E-state index contributed by atoms with van der Waals surface area (Å²) in [6.45, 7) is 4.01. The Morgan fingerprint density at radius 2 is 1.13 bits per heavy atom. The molecule has 0 fully saturated rings. The molecule has 0 aromatic carbocycles. The fourth-order valence-electron chi connectivity index (χ4n) is 3.68. The molecule has 0 aliphatic carbocycles. The minimum Gasteiger partial charge on any atom is -0.463 e. The van der Waals surface area contributed by atoms with E-state index in [2.05, 4.69) is 32.1 Å². The Bertz CT molecular complexity index is 734. The number of carbonyl (C=O) groups excluding carboxylic acids is 3. The van der Waals surface area contributed by atoms with Gasteiger partial charge >= 0.3 is 11.9 Å². The van der Waals surface area contributed by atoms with Crippen molar-refractivity contribution in [2.75, 3.05) is 13.2 Å². The van der Waals surface area contributed by atoms with Gasteiger partial charge in [-0.15, -0.1) is 0 Å². The maximum Gasteiger partial charge on any atom is 0.305 e. The first kappa shape index (κ1) is 36.5. The summed E-state index contributed by atoms with van der Waals surface area (Å²) in [4.78, 5) is 35.2. The predicted molar refractivity (Wildman–Crippen MR) is 159 cm³/mol. The van der Waals surface area contributed by atoms with E-state index in [0.717, 1.165) is 57.8 Å². The van der Waals surface area contributed by atoms with Crippen LogP contribution >= 0.6 is 0 Å². The van der Waals surface area contributed by atoms with Gasteiger partial charge in [0.05, 0.1) is 0 Å². The standard InChI is InChI=1S/C33H54O6/c1-3-5-7-8-14-18-22-26-32(36)38-28-31(35)29-39-33(37)27-23-19-16-13-11-9-10-12-15-17-21-25-30(34)24-20-6-4-2/h9-10,13,15-17,21,25,31,35H,3-8,11-12,14,18-20,22-24,26-29H2,1-2H3/b10-9-,16-13-,17-15-,25-21+/t31-/m0/s1. The SMILES string of the molecule is CCCCCCCCCC(=O)OC[C@H](O)COC(=O)CCC/C=C\C/C=C\C/C=C\C=C\C(=O)CCCCC. The third-order valence-electron chi connectivity index (χ3n) is 6.04. The molecule has 0 aliphatic rings. The second kappa shape index (κ2) is 28.5. The number of allylic oxidation sites excluding steroid dienone is 8. The van der Waals surface area contributed by atoms with Gasteiger partial charge in [-0.2, -0.15) is 0 Å². The molecular formula is C33H54O6. The first-order valence-electron chi connectivity index (χ1n) is 15.1. The summed E-state index contributed by atoms with van der Waals surface area (Å²) >= 11 is 0.